The molecule has 5 N–H and O–H groups in total. The zero-order valence-electron chi connectivity index (χ0n) is 14.9. The second-order valence-corrected chi connectivity index (χ2v) is 6.16. The lowest BCUT2D eigenvalue weighted by Crippen LogP contribution is -2.49. The molecule has 0 spiro atoms. The van der Waals surface area contributed by atoms with Crippen molar-refractivity contribution >= 4 is 23.9 Å². The summed E-state index contributed by atoms with van der Waals surface area (Å²) in [5, 5.41) is 18.3. The van der Waals surface area contributed by atoms with Crippen molar-refractivity contribution in [2.75, 3.05) is 13.1 Å². The number of rotatable bonds is 8. The summed E-state index contributed by atoms with van der Waals surface area (Å²) in [6.07, 6.45) is 2.09. The summed E-state index contributed by atoms with van der Waals surface area (Å²) in [4.78, 5) is 40.1. The van der Waals surface area contributed by atoms with Crippen LogP contribution in [0.4, 0.5) is 0 Å². The third kappa shape index (κ3) is 5.83. The first kappa shape index (κ1) is 20.5. The van der Waals surface area contributed by atoms with Crippen LogP contribution in [0.25, 0.3) is 0 Å². The number of piperidine rings is 1. The van der Waals surface area contributed by atoms with Crippen molar-refractivity contribution < 1.29 is 24.2 Å². The molecule has 0 aliphatic carbocycles. The van der Waals surface area contributed by atoms with E-state index in [0.29, 0.717) is 31.5 Å². The molecule has 1 aromatic rings. The Hall–Kier alpha value is -2.85. The molecular weight excluding hydrogens is 354 g/mol. The maximum absolute atomic E-state index is 12.5. The maximum atomic E-state index is 12.5. The van der Waals surface area contributed by atoms with Crippen molar-refractivity contribution in [3.8, 4) is 0 Å². The molecule has 0 bridgehead atoms. The number of carbonyl (C=O) groups is 3. The summed E-state index contributed by atoms with van der Waals surface area (Å²) in [7, 11) is 0. The standard InChI is InChI=1S/C17H23N5O5/c1-10(22-16(24)13-3-2-11(8-20-13)9-21-18)14(23)15(17(25)26)27-12-4-6-19-7-5-12/h2-3,8-10,12,15,19H,4-7,18H2,1H3,(H,22,24)(H,25,26). The topological polar surface area (TPSA) is 156 Å². The van der Waals surface area contributed by atoms with E-state index in [1.165, 1.54) is 25.4 Å². The highest BCUT2D eigenvalue weighted by atomic mass is 16.5. The van der Waals surface area contributed by atoms with Crippen LogP contribution in [-0.2, 0) is 14.3 Å². The molecule has 0 aromatic carbocycles. The number of ketones is 1. The van der Waals surface area contributed by atoms with Crippen LogP contribution >= 0.6 is 0 Å². The number of hydrogen-bond donors (Lipinski definition) is 4. The van der Waals surface area contributed by atoms with Gasteiger partial charge in [-0.15, -0.1) is 0 Å². The highest BCUT2D eigenvalue weighted by Crippen LogP contribution is 2.12. The summed E-state index contributed by atoms with van der Waals surface area (Å²) >= 11 is 0. The van der Waals surface area contributed by atoms with Gasteiger partial charge in [0.15, 0.2) is 5.78 Å². The molecule has 10 heteroatoms. The Morgan fingerprint density at radius 2 is 2.11 bits per heavy atom. The van der Waals surface area contributed by atoms with Crippen molar-refractivity contribution in [1.82, 2.24) is 15.6 Å². The third-order valence-corrected chi connectivity index (χ3v) is 4.11. The average molecular weight is 377 g/mol. The van der Waals surface area contributed by atoms with E-state index < -0.39 is 29.8 Å². The lowest BCUT2D eigenvalue weighted by molar-refractivity contribution is -0.162. The monoisotopic (exact) mass is 377 g/mol. The maximum Gasteiger partial charge on any atom is 0.340 e. The summed E-state index contributed by atoms with van der Waals surface area (Å²) < 4.78 is 5.48. The Labute approximate surface area is 156 Å². The van der Waals surface area contributed by atoms with E-state index in [2.05, 4.69) is 20.7 Å². The molecule has 1 aromatic heterocycles. The van der Waals surface area contributed by atoms with Crippen molar-refractivity contribution in [2.24, 2.45) is 10.9 Å². The molecule has 1 aliphatic heterocycles. The molecule has 0 radical (unpaired) electrons. The molecular formula is C17H23N5O5. The Balaban J connectivity index is 1.98. The van der Waals surface area contributed by atoms with Gasteiger partial charge in [-0.25, -0.2) is 4.79 Å². The van der Waals surface area contributed by atoms with Gasteiger partial charge in [0.1, 0.15) is 5.69 Å². The largest absolute Gasteiger partial charge is 0.479 e. The van der Waals surface area contributed by atoms with Crippen molar-refractivity contribution in [3.63, 3.8) is 0 Å². The minimum absolute atomic E-state index is 0.0787. The van der Waals surface area contributed by atoms with E-state index in [9.17, 15) is 19.5 Å². The normalized spacial score (nSPS) is 17.4. The lowest BCUT2D eigenvalue weighted by atomic mass is 10.1. The van der Waals surface area contributed by atoms with Gasteiger partial charge in [-0.1, -0.05) is 0 Å². The first-order valence-electron chi connectivity index (χ1n) is 8.55. The van der Waals surface area contributed by atoms with Gasteiger partial charge in [-0.05, 0) is 45.0 Å². The van der Waals surface area contributed by atoms with Crippen LogP contribution in [0.5, 0.6) is 0 Å². The van der Waals surface area contributed by atoms with Gasteiger partial charge in [-0.3, -0.25) is 14.6 Å². The van der Waals surface area contributed by atoms with E-state index in [1.807, 2.05) is 0 Å². The van der Waals surface area contributed by atoms with Gasteiger partial charge in [0.2, 0.25) is 6.10 Å². The number of aliphatic carboxylic acids is 1. The zero-order valence-corrected chi connectivity index (χ0v) is 14.9. The van der Waals surface area contributed by atoms with Crippen LogP contribution < -0.4 is 16.5 Å². The number of nitrogens with two attached hydrogens (primary N) is 1. The van der Waals surface area contributed by atoms with Gasteiger partial charge in [-0.2, -0.15) is 5.10 Å². The van der Waals surface area contributed by atoms with Crippen LogP contribution in [0.3, 0.4) is 0 Å². The summed E-state index contributed by atoms with van der Waals surface area (Å²) in [6, 6.07) is 1.99. The van der Waals surface area contributed by atoms with Crippen molar-refractivity contribution in [3.05, 3.63) is 29.6 Å². The highest BCUT2D eigenvalue weighted by molar-refractivity contribution is 6.06. The number of carboxylic acids is 1. The number of carbonyl (C=O) groups excluding carboxylic acids is 2. The van der Waals surface area contributed by atoms with Crippen molar-refractivity contribution in [1.29, 1.82) is 0 Å². The minimum atomic E-state index is -1.63. The molecule has 2 rings (SSSR count). The summed E-state index contributed by atoms with van der Waals surface area (Å²) in [5.41, 5.74) is 0.689. The highest BCUT2D eigenvalue weighted by Gasteiger charge is 2.34. The average Bonchev–Trinajstić information content (AvgIpc) is 2.67. The molecule has 1 fully saturated rings. The molecule has 1 saturated heterocycles. The van der Waals surface area contributed by atoms with Crippen molar-refractivity contribution in [2.45, 2.75) is 38.0 Å². The lowest BCUT2D eigenvalue weighted by Gasteiger charge is -2.26. The molecule has 2 heterocycles. The fourth-order valence-corrected chi connectivity index (χ4v) is 2.64. The Kier molecular flexibility index (Phi) is 7.38. The third-order valence-electron chi connectivity index (χ3n) is 4.11. The molecule has 0 saturated carbocycles. The zero-order chi connectivity index (χ0) is 19.8. The molecule has 27 heavy (non-hydrogen) atoms. The van der Waals surface area contributed by atoms with E-state index in [0.717, 1.165) is 0 Å². The van der Waals surface area contributed by atoms with Crippen LogP contribution in [0.2, 0.25) is 0 Å². The van der Waals surface area contributed by atoms with Crippen LogP contribution in [-0.4, -0.2) is 65.3 Å². The SMILES string of the molecule is CC(NC(=O)c1ccc(C=NN)cn1)C(=O)C(OC1CCNCC1)C(=O)O. The second kappa shape index (κ2) is 9.74. The van der Waals surface area contributed by atoms with Crippen LogP contribution in [0, 0.1) is 0 Å². The van der Waals surface area contributed by atoms with Crippen LogP contribution in [0.1, 0.15) is 35.8 Å². The molecule has 1 aliphatic rings. The Bertz CT molecular complexity index is 700. The number of nitrogens with zero attached hydrogens (tertiary/aromatic N) is 2. The summed E-state index contributed by atoms with van der Waals surface area (Å²) in [5.74, 6) is 2.35. The number of aromatic nitrogens is 1. The number of nitrogens with one attached hydrogen (secondary N) is 2. The number of pyridine rings is 1. The number of hydrogen-bond acceptors (Lipinski definition) is 8. The number of amides is 1. The predicted octanol–water partition coefficient (Wildman–Crippen LogP) is -0.717. The molecule has 2 atom stereocenters. The van der Waals surface area contributed by atoms with Gasteiger partial charge in [0.05, 0.1) is 18.4 Å². The molecule has 2 unspecified atom stereocenters. The van der Waals surface area contributed by atoms with Gasteiger partial charge < -0.3 is 26.3 Å². The quantitative estimate of drug-likeness (QED) is 0.200. The molecule has 146 valence electrons. The Morgan fingerprint density at radius 3 is 2.67 bits per heavy atom. The number of hydrazone groups is 1. The second-order valence-electron chi connectivity index (χ2n) is 6.16. The number of carboxylic acid groups (broad SMARTS) is 1. The Morgan fingerprint density at radius 1 is 1.41 bits per heavy atom. The van der Waals surface area contributed by atoms with E-state index in [1.54, 1.807) is 6.07 Å². The van der Waals surface area contributed by atoms with Crippen LogP contribution in [0.15, 0.2) is 23.4 Å². The van der Waals surface area contributed by atoms with E-state index >= 15 is 0 Å². The van der Waals surface area contributed by atoms with E-state index in [-0.39, 0.29) is 11.8 Å². The minimum Gasteiger partial charge on any atom is -0.479 e. The number of ether oxygens (including phenoxy) is 1. The smallest absolute Gasteiger partial charge is 0.340 e. The summed E-state index contributed by atoms with van der Waals surface area (Å²) in [6.45, 7) is 2.82. The van der Waals surface area contributed by atoms with Gasteiger partial charge in [0, 0.05) is 11.8 Å². The van der Waals surface area contributed by atoms with E-state index in [4.69, 9.17) is 10.6 Å². The molecule has 1 amide bonds. The fourth-order valence-electron chi connectivity index (χ4n) is 2.64. The molecule has 10 nitrogen and oxygen atoms in total. The first-order valence-corrected chi connectivity index (χ1v) is 8.55. The predicted molar refractivity (Wildman–Crippen MR) is 96.4 cm³/mol. The first-order chi connectivity index (χ1) is 12.9. The van der Waals surface area contributed by atoms with Gasteiger partial charge >= 0.3 is 5.97 Å². The van der Waals surface area contributed by atoms with Gasteiger partial charge in [0.25, 0.3) is 5.91 Å². The number of Topliss-reactive ketones (excluding diaryl/α,β-unsaturated/α-hetero) is 1. The fraction of sp³-hybridized carbons (Fsp3) is 0.471.